The van der Waals surface area contributed by atoms with Crippen molar-refractivity contribution in [1.29, 1.82) is 0 Å². The van der Waals surface area contributed by atoms with Crippen LogP contribution in [0.3, 0.4) is 0 Å². The molecule has 0 unspecified atom stereocenters. The Hall–Kier alpha value is -2.22. The van der Waals surface area contributed by atoms with Crippen LogP contribution in [-0.2, 0) is 17.4 Å². The van der Waals surface area contributed by atoms with Gasteiger partial charge in [-0.3, -0.25) is 4.79 Å². The quantitative estimate of drug-likeness (QED) is 0.693. The summed E-state index contributed by atoms with van der Waals surface area (Å²) in [6.45, 7) is 5.45. The molecule has 1 atom stereocenters. The van der Waals surface area contributed by atoms with E-state index < -0.39 is 11.7 Å². The second-order valence-electron chi connectivity index (χ2n) is 7.39. The zero-order chi connectivity index (χ0) is 21.0. The van der Waals surface area contributed by atoms with Gasteiger partial charge in [0.15, 0.2) is 0 Å². The number of nitrogens with zero attached hydrogens (tertiary/aromatic N) is 2. The number of carbonyl (C=O) groups is 1. The van der Waals surface area contributed by atoms with Gasteiger partial charge in [0, 0.05) is 35.5 Å². The molecule has 1 N–H and O–H groups in total. The molecular formula is C21H24F3N3OS. The highest BCUT2D eigenvalue weighted by Gasteiger charge is 2.31. The summed E-state index contributed by atoms with van der Waals surface area (Å²) in [5.74, 6) is 0.439. The predicted octanol–water partition coefficient (Wildman–Crippen LogP) is 4.54. The highest BCUT2D eigenvalue weighted by atomic mass is 32.2. The summed E-state index contributed by atoms with van der Waals surface area (Å²) in [4.78, 5) is 19.4. The standard InChI is InChI=1S/C21H24F3N3OS/c1-14(2)29-18-6-3-15(4-7-18)11-20(28)26-17-9-10-27(13-17)19-8-5-16(12-25-19)21(22,23)24/h3-8,12,14,17H,9-11,13H2,1-2H3,(H,26,28)/t17-/m0/s1. The van der Waals surface area contributed by atoms with E-state index in [9.17, 15) is 18.0 Å². The van der Waals surface area contributed by atoms with E-state index in [0.717, 1.165) is 24.2 Å². The number of hydrogen-bond donors (Lipinski definition) is 1. The molecule has 29 heavy (non-hydrogen) atoms. The number of thioether (sulfide) groups is 1. The largest absolute Gasteiger partial charge is 0.417 e. The number of benzene rings is 1. The normalized spacial score (nSPS) is 17.0. The van der Waals surface area contributed by atoms with E-state index in [4.69, 9.17) is 0 Å². The van der Waals surface area contributed by atoms with Gasteiger partial charge in [0.05, 0.1) is 12.0 Å². The van der Waals surface area contributed by atoms with Crippen molar-refractivity contribution in [3.8, 4) is 0 Å². The SMILES string of the molecule is CC(C)Sc1ccc(CC(=O)N[C@H]2CCN(c3ccc(C(F)(F)F)cn3)C2)cc1. The first-order valence-electron chi connectivity index (χ1n) is 9.54. The molecule has 8 heteroatoms. The zero-order valence-electron chi connectivity index (χ0n) is 16.4. The smallest absolute Gasteiger partial charge is 0.354 e. The van der Waals surface area contributed by atoms with E-state index in [1.54, 1.807) is 11.8 Å². The summed E-state index contributed by atoms with van der Waals surface area (Å²) in [5.41, 5.74) is 0.193. The molecule has 0 saturated carbocycles. The molecule has 3 rings (SSSR count). The Morgan fingerprint density at radius 1 is 1.24 bits per heavy atom. The minimum atomic E-state index is -4.39. The van der Waals surface area contributed by atoms with E-state index in [-0.39, 0.29) is 11.9 Å². The van der Waals surface area contributed by atoms with Gasteiger partial charge in [0.25, 0.3) is 0 Å². The number of carbonyl (C=O) groups excluding carboxylic acids is 1. The lowest BCUT2D eigenvalue weighted by Crippen LogP contribution is -2.38. The van der Waals surface area contributed by atoms with E-state index in [1.807, 2.05) is 29.2 Å². The van der Waals surface area contributed by atoms with Gasteiger partial charge in [-0.25, -0.2) is 4.98 Å². The molecule has 2 aromatic rings. The second kappa shape index (κ2) is 9.07. The fourth-order valence-corrected chi connectivity index (χ4v) is 4.09. The first-order valence-corrected chi connectivity index (χ1v) is 10.4. The van der Waals surface area contributed by atoms with Gasteiger partial charge in [0.2, 0.25) is 5.91 Å². The molecule has 2 heterocycles. The summed E-state index contributed by atoms with van der Waals surface area (Å²) >= 11 is 1.78. The Labute approximate surface area is 172 Å². The molecule has 4 nitrogen and oxygen atoms in total. The molecule has 1 saturated heterocycles. The van der Waals surface area contributed by atoms with Crippen LogP contribution in [0, 0.1) is 0 Å². The Morgan fingerprint density at radius 2 is 1.97 bits per heavy atom. The lowest BCUT2D eigenvalue weighted by molar-refractivity contribution is -0.137. The topological polar surface area (TPSA) is 45.2 Å². The minimum Gasteiger partial charge on any atom is -0.354 e. The van der Waals surface area contributed by atoms with Crippen LogP contribution in [-0.4, -0.2) is 35.3 Å². The van der Waals surface area contributed by atoms with Gasteiger partial charge in [-0.15, -0.1) is 11.8 Å². The van der Waals surface area contributed by atoms with Crippen molar-refractivity contribution >= 4 is 23.5 Å². The average molecular weight is 424 g/mol. The molecule has 0 radical (unpaired) electrons. The first-order chi connectivity index (χ1) is 13.7. The zero-order valence-corrected chi connectivity index (χ0v) is 17.2. The molecule has 1 fully saturated rings. The third-order valence-electron chi connectivity index (χ3n) is 4.61. The number of alkyl halides is 3. The van der Waals surface area contributed by atoms with Crippen molar-refractivity contribution in [3.63, 3.8) is 0 Å². The van der Waals surface area contributed by atoms with Crippen LogP contribution >= 0.6 is 11.8 Å². The fraction of sp³-hybridized carbons (Fsp3) is 0.429. The van der Waals surface area contributed by atoms with Crippen molar-refractivity contribution < 1.29 is 18.0 Å². The van der Waals surface area contributed by atoms with Crippen LogP contribution in [0.25, 0.3) is 0 Å². The van der Waals surface area contributed by atoms with E-state index in [1.165, 1.54) is 11.0 Å². The molecule has 1 aliphatic heterocycles. The molecular weight excluding hydrogens is 399 g/mol. The number of halogens is 3. The van der Waals surface area contributed by atoms with Crippen LogP contribution in [0.4, 0.5) is 19.0 Å². The maximum Gasteiger partial charge on any atom is 0.417 e. The first kappa shape index (κ1) is 21.5. The van der Waals surface area contributed by atoms with E-state index in [0.29, 0.717) is 30.6 Å². The van der Waals surface area contributed by atoms with Crippen molar-refractivity contribution in [1.82, 2.24) is 10.3 Å². The molecule has 1 aliphatic rings. The minimum absolute atomic E-state index is 0.0395. The second-order valence-corrected chi connectivity index (χ2v) is 9.04. The summed E-state index contributed by atoms with van der Waals surface area (Å²) in [7, 11) is 0. The van der Waals surface area contributed by atoms with E-state index in [2.05, 4.69) is 24.1 Å². The predicted molar refractivity (Wildman–Crippen MR) is 109 cm³/mol. The molecule has 0 aliphatic carbocycles. The Bertz CT molecular complexity index is 823. The van der Waals surface area contributed by atoms with Crippen LogP contribution < -0.4 is 10.2 Å². The molecule has 0 bridgehead atoms. The van der Waals surface area contributed by atoms with Crippen molar-refractivity contribution in [3.05, 3.63) is 53.7 Å². The molecule has 1 amide bonds. The lowest BCUT2D eigenvalue weighted by atomic mass is 10.1. The number of rotatable bonds is 6. The van der Waals surface area contributed by atoms with Gasteiger partial charge in [-0.05, 0) is 36.2 Å². The molecule has 1 aromatic carbocycles. The lowest BCUT2D eigenvalue weighted by Gasteiger charge is -2.18. The van der Waals surface area contributed by atoms with Crippen LogP contribution in [0.1, 0.15) is 31.4 Å². The average Bonchev–Trinajstić information content (AvgIpc) is 3.10. The van der Waals surface area contributed by atoms with Crippen molar-refractivity contribution in [2.24, 2.45) is 0 Å². The molecule has 156 valence electrons. The number of anilines is 1. The number of nitrogens with one attached hydrogen (secondary N) is 1. The third kappa shape index (κ3) is 6.13. The Balaban J connectivity index is 1.50. The van der Waals surface area contributed by atoms with Gasteiger partial charge in [-0.1, -0.05) is 26.0 Å². The summed E-state index contributed by atoms with van der Waals surface area (Å²) < 4.78 is 38.0. The highest BCUT2D eigenvalue weighted by molar-refractivity contribution is 7.99. The van der Waals surface area contributed by atoms with Gasteiger partial charge in [-0.2, -0.15) is 13.2 Å². The number of hydrogen-bond acceptors (Lipinski definition) is 4. The van der Waals surface area contributed by atoms with Crippen molar-refractivity contribution in [2.45, 2.75) is 49.1 Å². The summed E-state index contributed by atoms with van der Waals surface area (Å²) in [6, 6.07) is 10.4. The summed E-state index contributed by atoms with van der Waals surface area (Å²) in [6.07, 6.45) is -2.50. The highest BCUT2D eigenvalue weighted by Crippen LogP contribution is 2.30. The van der Waals surface area contributed by atoms with Crippen LogP contribution in [0.15, 0.2) is 47.5 Å². The monoisotopic (exact) mass is 423 g/mol. The van der Waals surface area contributed by atoms with E-state index >= 15 is 0 Å². The summed E-state index contributed by atoms with van der Waals surface area (Å²) in [5, 5.41) is 3.52. The van der Waals surface area contributed by atoms with Gasteiger partial charge < -0.3 is 10.2 Å². The fourth-order valence-electron chi connectivity index (χ4n) is 3.25. The van der Waals surface area contributed by atoms with Gasteiger partial charge >= 0.3 is 6.18 Å². The molecule has 1 aromatic heterocycles. The van der Waals surface area contributed by atoms with Crippen LogP contribution in [0.2, 0.25) is 0 Å². The number of amides is 1. The maximum atomic E-state index is 12.7. The van der Waals surface area contributed by atoms with Crippen LogP contribution in [0.5, 0.6) is 0 Å². The Kier molecular flexibility index (Phi) is 6.72. The van der Waals surface area contributed by atoms with Crippen molar-refractivity contribution in [2.75, 3.05) is 18.0 Å². The number of aromatic nitrogens is 1. The molecule has 0 spiro atoms. The third-order valence-corrected chi connectivity index (χ3v) is 5.63. The Morgan fingerprint density at radius 3 is 2.55 bits per heavy atom. The van der Waals surface area contributed by atoms with Gasteiger partial charge in [0.1, 0.15) is 5.82 Å². The maximum absolute atomic E-state index is 12.7. The number of pyridine rings is 1.